The maximum absolute atomic E-state index is 12.2. The van der Waals surface area contributed by atoms with Gasteiger partial charge in [-0.15, -0.1) is 5.10 Å². The normalized spacial score (nSPS) is 17.7. The lowest BCUT2D eigenvalue weighted by molar-refractivity contribution is 0.0940. The summed E-state index contributed by atoms with van der Waals surface area (Å²) in [6, 6.07) is 1.81. The van der Waals surface area contributed by atoms with Crippen LogP contribution in [0.5, 0.6) is 0 Å². The van der Waals surface area contributed by atoms with Gasteiger partial charge in [-0.25, -0.2) is 9.97 Å². The van der Waals surface area contributed by atoms with E-state index in [0.29, 0.717) is 31.2 Å². The molecular formula is C15H22N8O. The summed E-state index contributed by atoms with van der Waals surface area (Å²) in [5.74, 6) is 0.912. The fourth-order valence-corrected chi connectivity index (χ4v) is 2.84. The SMILES string of the molecule is NCCn1cc(C(=O)NCC2CCCN(c3ncccn3)C2)nn1. The van der Waals surface area contributed by atoms with Gasteiger partial charge in [0, 0.05) is 38.6 Å². The smallest absolute Gasteiger partial charge is 0.273 e. The van der Waals surface area contributed by atoms with Crippen LogP contribution in [0.25, 0.3) is 0 Å². The first-order valence-corrected chi connectivity index (χ1v) is 8.16. The first kappa shape index (κ1) is 16.3. The Morgan fingerprint density at radius 1 is 1.38 bits per heavy atom. The Hall–Kier alpha value is -2.55. The lowest BCUT2D eigenvalue weighted by Crippen LogP contribution is -2.41. The molecule has 3 rings (SSSR count). The molecule has 1 fully saturated rings. The van der Waals surface area contributed by atoms with E-state index in [2.05, 4.69) is 30.5 Å². The number of nitrogens with zero attached hydrogens (tertiary/aromatic N) is 6. The summed E-state index contributed by atoms with van der Waals surface area (Å²) in [4.78, 5) is 22.9. The second-order valence-corrected chi connectivity index (χ2v) is 5.87. The predicted molar refractivity (Wildman–Crippen MR) is 88.4 cm³/mol. The van der Waals surface area contributed by atoms with Crippen LogP contribution in [0.2, 0.25) is 0 Å². The number of nitrogens with two attached hydrogens (primary N) is 1. The van der Waals surface area contributed by atoms with Gasteiger partial charge < -0.3 is 16.0 Å². The van der Waals surface area contributed by atoms with Crippen molar-refractivity contribution in [2.24, 2.45) is 11.7 Å². The van der Waals surface area contributed by atoms with Gasteiger partial charge in [0.25, 0.3) is 5.91 Å². The van der Waals surface area contributed by atoms with Crippen LogP contribution >= 0.6 is 0 Å². The van der Waals surface area contributed by atoms with Crippen LogP contribution in [-0.2, 0) is 6.54 Å². The third kappa shape index (κ3) is 4.05. The van der Waals surface area contributed by atoms with Gasteiger partial charge in [-0.2, -0.15) is 0 Å². The molecule has 128 valence electrons. The van der Waals surface area contributed by atoms with Crippen LogP contribution < -0.4 is 16.0 Å². The van der Waals surface area contributed by atoms with Crippen molar-refractivity contribution in [1.82, 2.24) is 30.3 Å². The Bertz CT molecular complexity index is 659. The molecule has 0 aromatic carbocycles. The molecule has 2 aromatic heterocycles. The quantitative estimate of drug-likeness (QED) is 0.745. The number of nitrogens with one attached hydrogen (secondary N) is 1. The molecule has 0 bridgehead atoms. The summed E-state index contributed by atoms with van der Waals surface area (Å²) in [5.41, 5.74) is 5.78. The second-order valence-electron chi connectivity index (χ2n) is 5.87. The average Bonchev–Trinajstić information content (AvgIpc) is 3.10. The average molecular weight is 330 g/mol. The van der Waals surface area contributed by atoms with Gasteiger partial charge in [0.05, 0.1) is 12.7 Å². The fourth-order valence-electron chi connectivity index (χ4n) is 2.84. The molecular weight excluding hydrogens is 308 g/mol. The molecule has 0 saturated carbocycles. The van der Waals surface area contributed by atoms with Crippen LogP contribution in [0.4, 0.5) is 5.95 Å². The number of carbonyl (C=O) groups excluding carboxylic acids is 1. The minimum absolute atomic E-state index is 0.202. The first-order valence-electron chi connectivity index (χ1n) is 8.16. The van der Waals surface area contributed by atoms with Gasteiger partial charge >= 0.3 is 0 Å². The van der Waals surface area contributed by atoms with Gasteiger partial charge in [-0.05, 0) is 24.8 Å². The van der Waals surface area contributed by atoms with E-state index < -0.39 is 0 Å². The maximum atomic E-state index is 12.2. The van der Waals surface area contributed by atoms with Crippen LogP contribution in [0.3, 0.4) is 0 Å². The van der Waals surface area contributed by atoms with Gasteiger partial charge in [0.2, 0.25) is 5.95 Å². The molecule has 1 atom stereocenters. The molecule has 9 heteroatoms. The second kappa shape index (κ2) is 7.82. The van der Waals surface area contributed by atoms with E-state index >= 15 is 0 Å². The summed E-state index contributed by atoms with van der Waals surface area (Å²) >= 11 is 0. The van der Waals surface area contributed by atoms with E-state index in [1.165, 1.54) is 0 Å². The zero-order chi connectivity index (χ0) is 16.8. The van der Waals surface area contributed by atoms with Crippen LogP contribution in [0.15, 0.2) is 24.7 Å². The zero-order valence-corrected chi connectivity index (χ0v) is 13.5. The Kier molecular flexibility index (Phi) is 5.32. The van der Waals surface area contributed by atoms with Gasteiger partial charge in [0.1, 0.15) is 0 Å². The lowest BCUT2D eigenvalue weighted by Gasteiger charge is -2.32. The Labute approximate surface area is 140 Å². The molecule has 1 aliphatic rings. The van der Waals surface area contributed by atoms with E-state index in [1.54, 1.807) is 23.3 Å². The highest BCUT2D eigenvalue weighted by Gasteiger charge is 2.22. The van der Waals surface area contributed by atoms with Crippen molar-refractivity contribution in [3.05, 3.63) is 30.4 Å². The number of carbonyl (C=O) groups is 1. The molecule has 3 N–H and O–H groups in total. The summed E-state index contributed by atoms with van der Waals surface area (Å²) in [7, 11) is 0. The number of piperidine rings is 1. The van der Waals surface area contributed by atoms with Crippen molar-refractivity contribution >= 4 is 11.9 Å². The number of hydrogen-bond acceptors (Lipinski definition) is 7. The monoisotopic (exact) mass is 330 g/mol. The highest BCUT2D eigenvalue weighted by atomic mass is 16.2. The number of rotatable bonds is 6. The first-order chi connectivity index (χ1) is 11.8. The molecule has 0 radical (unpaired) electrons. The molecule has 3 heterocycles. The topological polar surface area (TPSA) is 115 Å². The predicted octanol–water partition coefficient (Wildman–Crippen LogP) is -0.327. The van der Waals surface area contributed by atoms with Gasteiger partial charge in [-0.1, -0.05) is 5.21 Å². The number of amides is 1. The molecule has 1 saturated heterocycles. The molecule has 9 nitrogen and oxygen atoms in total. The highest BCUT2D eigenvalue weighted by Crippen LogP contribution is 2.19. The lowest BCUT2D eigenvalue weighted by atomic mass is 9.98. The summed E-state index contributed by atoms with van der Waals surface area (Å²) in [5, 5.41) is 10.7. The van der Waals surface area contributed by atoms with Crippen molar-refractivity contribution in [1.29, 1.82) is 0 Å². The van der Waals surface area contributed by atoms with Crippen LogP contribution in [-0.4, -0.2) is 57.0 Å². The van der Waals surface area contributed by atoms with E-state index in [0.717, 1.165) is 31.9 Å². The van der Waals surface area contributed by atoms with Crippen LogP contribution in [0.1, 0.15) is 23.3 Å². The number of anilines is 1. The Morgan fingerprint density at radius 3 is 3.00 bits per heavy atom. The standard InChI is InChI=1S/C15H22N8O/c16-4-8-23-11-13(20-21-23)14(24)19-9-12-3-1-7-22(10-12)15-17-5-2-6-18-15/h2,5-6,11-12H,1,3-4,7-10,16H2,(H,19,24). The molecule has 1 aliphatic heterocycles. The van der Waals surface area contributed by atoms with Crippen molar-refractivity contribution in [2.75, 3.05) is 31.1 Å². The minimum Gasteiger partial charge on any atom is -0.350 e. The molecule has 0 aliphatic carbocycles. The fraction of sp³-hybridized carbons (Fsp3) is 0.533. The number of hydrogen-bond donors (Lipinski definition) is 2. The Balaban J connectivity index is 1.51. The molecule has 0 spiro atoms. The summed E-state index contributed by atoms with van der Waals surface area (Å²) < 4.78 is 1.57. The largest absolute Gasteiger partial charge is 0.350 e. The Morgan fingerprint density at radius 2 is 2.21 bits per heavy atom. The summed E-state index contributed by atoms with van der Waals surface area (Å²) in [6.45, 7) is 3.40. The third-order valence-corrected chi connectivity index (χ3v) is 4.03. The highest BCUT2D eigenvalue weighted by molar-refractivity contribution is 5.91. The van der Waals surface area contributed by atoms with E-state index in [-0.39, 0.29) is 5.91 Å². The molecule has 2 aromatic rings. The van der Waals surface area contributed by atoms with Gasteiger partial charge in [-0.3, -0.25) is 9.48 Å². The van der Waals surface area contributed by atoms with Crippen molar-refractivity contribution in [3.63, 3.8) is 0 Å². The van der Waals surface area contributed by atoms with Crippen LogP contribution in [0, 0.1) is 5.92 Å². The molecule has 1 amide bonds. The van der Waals surface area contributed by atoms with E-state index in [4.69, 9.17) is 5.73 Å². The third-order valence-electron chi connectivity index (χ3n) is 4.03. The van der Waals surface area contributed by atoms with Gasteiger partial charge in [0.15, 0.2) is 5.69 Å². The van der Waals surface area contributed by atoms with E-state index in [1.807, 2.05) is 6.07 Å². The van der Waals surface area contributed by atoms with Crippen molar-refractivity contribution in [3.8, 4) is 0 Å². The van der Waals surface area contributed by atoms with E-state index in [9.17, 15) is 4.79 Å². The number of aromatic nitrogens is 5. The maximum Gasteiger partial charge on any atom is 0.273 e. The van der Waals surface area contributed by atoms with Crippen molar-refractivity contribution < 1.29 is 4.79 Å². The minimum atomic E-state index is -0.202. The summed E-state index contributed by atoms with van der Waals surface area (Å²) in [6.07, 6.45) is 7.25. The molecule has 1 unspecified atom stereocenters. The zero-order valence-electron chi connectivity index (χ0n) is 13.5. The van der Waals surface area contributed by atoms with Crippen molar-refractivity contribution in [2.45, 2.75) is 19.4 Å². The molecule has 24 heavy (non-hydrogen) atoms.